The van der Waals surface area contributed by atoms with Gasteiger partial charge in [0, 0.05) is 17.5 Å². The molecule has 20 heavy (non-hydrogen) atoms. The molecule has 0 aliphatic heterocycles. The zero-order valence-electron chi connectivity index (χ0n) is 11.6. The smallest absolute Gasteiger partial charge is 0.343 e. The van der Waals surface area contributed by atoms with E-state index in [0.29, 0.717) is 12.0 Å². The van der Waals surface area contributed by atoms with Crippen LogP contribution in [0.25, 0.3) is 11.1 Å². The molecular formula is C16H17NO3. The van der Waals surface area contributed by atoms with Gasteiger partial charge in [-0.1, -0.05) is 37.3 Å². The fourth-order valence-electron chi connectivity index (χ4n) is 2.12. The molecule has 2 aromatic rings. The number of hydrogen-bond donors (Lipinski definition) is 1. The van der Waals surface area contributed by atoms with Crippen molar-refractivity contribution in [3.8, 4) is 11.1 Å². The number of nitrogens with one attached hydrogen (secondary N) is 1. The fraction of sp³-hybridized carbons (Fsp3) is 0.250. The maximum absolute atomic E-state index is 12.5. The highest BCUT2D eigenvalue weighted by molar-refractivity contribution is 5.90. The molecule has 0 aliphatic carbocycles. The van der Waals surface area contributed by atoms with E-state index in [1.54, 1.807) is 6.92 Å². The van der Waals surface area contributed by atoms with Crippen LogP contribution in [0.15, 0.2) is 41.3 Å². The van der Waals surface area contributed by atoms with Gasteiger partial charge in [-0.2, -0.15) is 0 Å². The minimum absolute atomic E-state index is 0.0444. The van der Waals surface area contributed by atoms with Crippen molar-refractivity contribution in [2.24, 2.45) is 0 Å². The van der Waals surface area contributed by atoms with Gasteiger partial charge in [0.25, 0.3) is 0 Å². The number of H-pyrrole nitrogens is 1. The minimum atomic E-state index is -0.589. The van der Waals surface area contributed by atoms with E-state index >= 15 is 0 Å². The third-order valence-corrected chi connectivity index (χ3v) is 3.08. The van der Waals surface area contributed by atoms with Gasteiger partial charge >= 0.3 is 5.97 Å². The topological polar surface area (TPSA) is 59.2 Å². The number of benzene rings is 1. The monoisotopic (exact) mass is 271 g/mol. The highest BCUT2D eigenvalue weighted by Gasteiger charge is 2.18. The summed E-state index contributed by atoms with van der Waals surface area (Å²) in [5, 5.41) is 0. The number of carbonyl (C=O) groups excluding carboxylic acids is 1. The van der Waals surface area contributed by atoms with E-state index < -0.39 is 5.97 Å². The number of pyridine rings is 1. The lowest BCUT2D eigenvalue weighted by molar-refractivity contribution is 0.0524. The van der Waals surface area contributed by atoms with Gasteiger partial charge in [0.15, 0.2) is 0 Å². The Bertz CT molecular complexity index is 659. The summed E-state index contributed by atoms with van der Waals surface area (Å²) in [6, 6.07) is 9.34. The van der Waals surface area contributed by atoms with Crippen LogP contribution in [0.1, 0.15) is 29.9 Å². The zero-order chi connectivity index (χ0) is 14.5. The van der Waals surface area contributed by atoms with Crippen molar-refractivity contribution in [3.63, 3.8) is 0 Å². The molecule has 0 bridgehead atoms. The van der Waals surface area contributed by atoms with Gasteiger partial charge in [-0.25, -0.2) is 4.79 Å². The summed E-state index contributed by atoms with van der Waals surface area (Å²) in [6.45, 7) is 3.92. The quantitative estimate of drug-likeness (QED) is 0.870. The second-order valence-corrected chi connectivity index (χ2v) is 4.33. The van der Waals surface area contributed by atoms with Crippen LogP contribution in [0.5, 0.6) is 0 Å². The molecule has 0 radical (unpaired) electrons. The number of aryl methyl sites for hydroxylation is 1. The van der Waals surface area contributed by atoms with Gasteiger partial charge in [-0.3, -0.25) is 4.79 Å². The van der Waals surface area contributed by atoms with E-state index in [2.05, 4.69) is 4.98 Å². The van der Waals surface area contributed by atoms with Crippen LogP contribution < -0.4 is 5.43 Å². The van der Waals surface area contributed by atoms with Crippen molar-refractivity contribution in [2.45, 2.75) is 20.3 Å². The summed E-state index contributed by atoms with van der Waals surface area (Å²) in [7, 11) is 0. The Morgan fingerprint density at radius 1 is 1.20 bits per heavy atom. The molecule has 4 heteroatoms. The van der Waals surface area contributed by atoms with Crippen molar-refractivity contribution in [1.82, 2.24) is 4.98 Å². The van der Waals surface area contributed by atoms with Gasteiger partial charge in [-0.05, 0) is 18.9 Å². The number of ether oxygens (including phenoxy) is 1. The van der Waals surface area contributed by atoms with E-state index in [1.807, 2.05) is 37.3 Å². The van der Waals surface area contributed by atoms with Crippen molar-refractivity contribution in [1.29, 1.82) is 0 Å². The lowest BCUT2D eigenvalue weighted by Gasteiger charge is -2.09. The molecule has 0 unspecified atom stereocenters. The maximum atomic E-state index is 12.5. The Labute approximate surface area is 117 Å². The molecule has 1 N–H and O–H groups in total. The average Bonchev–Trinajstić information content (AvgIpc) is 2.47. The van der Waals surface area contributed by atoms with Crippen molar-refractivity contribution < 1.29 is 9.53 Å². The van der Waals surface area contributed by atoms with Crippen LogP contribution in [0, 0.1) is 0 Å². The molecule has 0 saturated heterocycles. The zero-order valence-corrected chi connectivity index (χ0v) is 11.6. The van der Waals surface area contributed by atoms with Gasteiger partial charge in [0.05, 0.1) is 6.61 Å². The second-order valence-electron chi connectivity index (χ2n) is 4.33. The molecule has 0 aliphatic rings. The highest BCUT2D eigenvalue weighted by atomic mass is 16.5. The van der Waals surface area contributed by atoms with E-state index in [0.717, 1.165) is 11.3 Å². The lowest BCUT2D eigenvalue weighted by Crippen LogP contribution is -2.21. The number of aromatic amines is 1. The normalized spacial score (nSPS) is 10.3. The number of hydrogen-bond acceptors (Lipinski definition) is 3. The summed E-state index contributed by atoms with van der Waals surface area (Å²) in [5.41, 5.74) is 1.91. The number of carbonyl (C=O) groups is 1. The van der Waals surface area contributed by atoms with E-state index in [1.165, 1.54) is 6.20 Å². The van der Waals surface area contributed by atoms with Crippen molar-refractivity contribution in [2.75, 3.05) is 6.61 Å². The first kappa shape index (κ1) is 14.1. The molecule has 2 rings (SSSR count). The summed E-state index contributed by atoms with van der Waals surface area (Å²) in [6.07, 6.45) is 2.12. The van der Waals surface area contributed by atoms with Crippen LogP contribution in [0.3, 0.4) is 0 Å². The predicted octanol–water partition coefficient (Wildman–Crippen LogP) is 2.78. The van der Waals surface area contributed by atoms with Gasteiger partial charge in [0.1, 0.15) is 5.56 Å². The maximum Gasteiger partial charge on any atom is 0.343 e. The number of aromatic nitrogens is 1. The molecule has 0 spiro atoms. The number of rotatable bonds is 4. The molecular weight excluding hydrogens is 254 g/mol. The van der Waals surface area contributed by atoms with E-state index in [9.17, 15) is 9.59 Å². The summed E-state index contributed by atoms with van der Waals surface area (Å²) in [4.78, 5) is 27.4. The van der Waals surface area contributed by atoms with Crippen LogP contribution in [-0.2, 0) is 11.2 Å². The lowest BCUT2D eigenvalue weighted by atomic mass is 10.00. The Hall–Kier alpha value is -2.36. The minimum Gasteiger partial charge on any atom is -0.462 e. The number of esters is 1. The molecule has 0 atom stereocenters. The summed E-state index contributed by atoms with van der Waals surface area (Å²) >= 11 is 0. The summed E-state index contributed by atoms with van der Waals surface area (Å²) in [5.74, 6) is -0.589. The SMILES string of the molecule is CCOC(=O)c1c[nH]c(CC)c(-c2ccccc2)c1=O. The average molecular weight is 271 g/mol. The van der Waals surface area contributed by atoms with E-state index in [4.69, 9.17) is 4.74 Å². The molecule has 4 nitrogen and oxygen atoms in total. The van der Waals surface area contributed by atoms with Gasteiger partial charge in [-0.15, -0.1) is 0 Å². The van der Waals surface area contributed by atoms with Crippen LogP contribution in [0.4, 0.5) is 0 Å². The second kappa shape index (κ2) is 6.19. The Morgan fingerprint density at radius 3 is 2.50 bits per heavy atom. The first-order valence-electron chi connectivity index (χ1n) is 6.66. The fourth-order valence-corrected chi connectivity index (χ4v) is 2.12. The Kier molecular flexibility index (Phi) is 4.35. The first-order chi connectivity index (χ1) is 9.69. The van der Waals surface area contributed by atoms with Crippen molar-refractivity contribution in [3.05, 3.63) is 58.0 Å². The van der Waals surface area contributed by atoms with Crippen LogP contribution >= 0.6 is 0 Å². The van der Waals surface area contributed by atoms with Crippen molar-refractivity contribution >= 4 is 5.97 Å². The Balaban J connectivity index is 2.63. The van der Waals surface area contributed by atoms with E-state index in [-0.39, 0.29) is 17.6 Å². The predicted molar refractivity (Wildman–Crippen MR) is 77.8 cm³/mol. The van der Waals surface area contributed by atoms with Crippen LogP contribution in [-0.4, -0.2) is 17.6 Å². The Morgan fingerprint density at radius 2 is 1.90 bits per heavy atom. The highest BCUT2D eigenvalue weighted by Crippen LogP contribution is 2.19. The van der Waals surface area contributed by atoms with Crippen LogP contribution in [0.2, 0.25) is 0 Å². The molecule has 0 saturated carbocycles. The molecule has 104 valence electrons. The first-order valence-corrected chi connectivity index (χ1v) is 6.66. The largest absolute Gasteiger partial charge is 0.462 e. The standard InChI is InChI=1S/C16H17NO3/c1-3-13-14(11-8-6-5-7-9-11)15(18)12(10-17-13)16(19)20-4-2/h5-10H,3-4H2,1-2H3,(H,17,18). The van der Waals surface area contributed by atoms with Gasteiger partial charge in [0.2, 0.25) is 5.43 Å². The molecule has 1 heterocycles. The molecule has 0 fully saturated rings. The third kappa shape index (κ3) is 2.64. The molecule has 1 aromatic carbocycles. The third-order valence-electron chi connectivity index (χ3n) is 3.08. The summed E-state index contributed by atoms with van der Waals surface area (Å²) < 4.78 is 4.91. The molecule has 1 aromatic heterocycles. The van der Waals surface area contributed by atoms with Gasteiger partial charge < -0.3 is 9.72 Å². The molecule has 0 amide bonds.